The molecule has 0 aromatic heterocycles. The van der Waals surface area contributed by atoms with E-state index in [1.54, 1.807) is 0 Å². The van der Waals surface area contributed by atoms with E-state index in [-0.39, 0.29) is 24.7 Å². The van der Waals surface area contributed by atoms with Gasteiger partial charge in [0.15, 0.2) is 0 Å². The van der Waals surface area contributed by atoms with Gasteiger partial charge in [0.1, 0.15) is 0 Å². The summed E-state index contributed by atoms with van der Waals surface area (Å²) in [5.74, 6) is 0.554. The minimum absolute atomic E-state index is 0.0648. The molecule has 5 nitrogen and oxygen atoms in total. The summed E-state index contributed by atoms with van der Waals surface area (Å²) >= 11 is 0. The smallest absolute Gasteiger partial charge is 0.315 e. The van der Waals surface area contributed by atoms with Crippen molar-refractivity contribution in [2.24, 2.45) is 5.92 Å². The van der Waals surface area contributed by atoms with Crippen LogP contribution in [0.5, 0.6) is 0 Å². The third-order valence-electron chi connectivity index (χ3n) is 5.45. The van der Waals surface area contributed by atoms with Crippen LogP contribution >= 0.6 is 0 Å². The van der Waals surface area contributed by atoms with E-state index in [4.69, 9.17) is 5.11 Å². The summed E-state index contributed by atoms with van der Waals surface area (Å²) in [6.07, 6.45) is 8.02. The molecule has 22 heavy (non-hydrogen) atoms. The van der Waals surface area contributed by atoms with Crippen LogP contribution in [0.4, 0.5) is 4.79 Å². The van der Waals surface area contributed by atoms with E-state index in [0.29, 0.717) is 12.3 Å². The van der Waals surface area contributed by atoms with Crippen molar-refractivity contribution in [1.82, 2.24) is 15.5 Å². The molecule has 1 saturated heterocycles. The number of amides is 2. The van der Waals surface area contributed by atoms with Gasteiger partial charge in [-0.2, -0.15) is 0 Å². The lowest BCUT2D eigenvalue weighted by Crippen LogP contribution is -2.53. The lowest BCUT2D eigenvalue weighted by molar-refractivity contribution is 0.0678. The number of nitrogens with one attached hydrogen (secondary N) is 2. The number of rotatable bonds is 7. The SMILES string of the molecule is CCC(CCO)NC(=O)NC(C)C1CCCN(C2CCC2)C1. The highest BCUT2D eigenvalue weighted by molar-refractivity contribution is 5.74. The van der Waals surface area contributed by atoms with Gasteiger partial charge in [-0.1, -0.05) is 13.3 Å². The molecule has 2 fully saturated rings. The van der Waals surface area contributed by atoms with E-state index in [0.717, 1.165) is 19.0 Å². The molecular formula is C17H33N3O2. The minimum Gasteiger partial charge on any atom is -0.396 e. The zero-order chi connectivity index (χ0) is 15.9. The predicted molar refractivity (Wildman–Crippen MR) is 88.8 cm³/mol. The summed E-state index contributed by atoms with van der Waals surface area (Å²) in [5, 5.41) is 15.1. The van der Waals surface area contributed by atoms with Crippen LogP contribution in [0.15, 0.2) is 0 Å². The Bertz CT molecular complexity index is 347. The molecule has 128 valence electrons. The van der Waals surface area contributed by atoms with Crippen LogP contribution in [-0.4, -0.2) is 53.9 Å². The van der Waals surface area contributed by atoms with Gasteiger partial charge in [-0.25, -0.2) is 4.79 Å². The zero-order valence-electron chi connectivity index (χ0n) is 14.2. The molecule has 1 heterocycles. The van der Waals surface area contributed by atoms with Gasteiger partial charge in [0.05, 0.1) is 0 Å². The monoisotopic (exact) mass is 311 g/mol. The molecule has 5 heteroatoms. The van der Waals surface area contributed by atoms with Gasteiger partial charge in [-0.3, -0.25) is 0 Å². The number of hydrogen-bond donors (Lipinski definition) is 3. The van der Waals surface area contributed by atoms with Gasteiger partial charge in [0, 0.05) is 31.3 Å². The lowest BCUT2D eigenvalue weighted by atomic mass is 9.86. The fraction of sp³-hybridized carbons (Fsp3) is 0.941. The summed E-state index contributed by atoms with van der Waals surface area (Å²) in [6, 6.07) is 0.982. The Hall–Kier alpha value is -0.810. The highest BCUT2D eigenvalue weighted by Gasteiger charge is 2.31. The predicted octanol–water partition coefficient (Wildman–Crippen LogP) is 2.10. The van der Waals surface area contributed by atoms with Crippen molar-refractivity contribution >= 4 is 6.03 Å². The highest BCUT2D eigenvalue weighted by Crippen LogP contribution is 2.30. The molecule has 1 aliphatic carbocycles. The third-order valence-corrected chi connectivity index (χ3v) is 5.45. The number of piperidine rings is 1. The van der Waals surface area contributed by atoms with Crippen LogP contribution in [0, 0.1) is 5.92 Å². The van der Waals surface area contributed by atoms with E-state index in [1.165, 1.54) is 38.6 Å². The molecule has 2 amide bonds. The van der Waals surface area contributed by atoms with Crippen LogP contribution < -0.4 is 10.6 Å². The Kier molecular flexibility index (Phi) is 6.96. The van der Waals surface area contributed by atoms with Gasteiger partial charge in [0.2, 0.25) is 0 Å². The number of urea groups is 1. The number of aliphatic hydroxyl groups is 1. The maximum atomic E-state index is 12.1. The third kappa shape index (κ3) is 4.85. The van der Waals surface area contributed by atoms with Crippen molar-refractivity contribution in [3.8, 4) is 0 Å². The van der Waals surface area contributed by atoms with Crippen molar-refractivity contribution in [1.29, 1.82) is 0 Å². The quantitative estimate of drug-likeness (QED) is 0.674. The van der Waals surface area contributed by atoms with E-state index in [9.17, 15) is 4.79 Å². The first kappa shape index (κ1) is 17.5. The minimum atomic E-state index is -0.0893. The molecule has 0 bridgehead atoms. The molecule has 1 aliphatic heterocycles. The summed E-state index contributed by atoms with van der Waals surface area (Å²) in [5.41, 5.74) is 0. The highest BCUT2D eigenvalue weighted by atomic mass is 16.3. The number of carbonyl (C=O) groups is 1. The van der Waals surface area contributed by atoms with Crippen LogP contribution in [0.25, 0.3) is 0 Å². The number of carbonyl (C=O) groups excluding carboxylic acids is 1. The molecule has 2 rings (SSSR count). The van der Waals surface area contributed by atoms with Crippen molar-refractivity contribution in [3.05, 3.63) is 0 Å². The van der Waals surface area contributed by atoms with Crippen LogP contribution in [0.1, 0.15) is 58.8 Å². The number of nitrogens with zero attached hydrogens (tertiary/aromatic N) is 1. The molecule has 2 aliphatic rings. The zero-order valence-corrected chi connectivity index (χ0v) is 14.2. The summed E-state index contributed by atoms with van der Waals surface area (Å²) in [4.78, 5) is 14.7. The van der Waals surface area contributed by atoms with Crippen LogP contribution in [-0.2, 0) is 0 Å². The molecule has 1 saturated carbocycles. The lowest BCUT2D eigenvalue weighted by Gasteiger charge is -2.43. The standard InChI is InChI=1S/C17H33N3O2/c1-3-15(9-11-21)19-17(22)18-13(2)14-6-5-10-20(12-14)16-7-4-8-16/h13-16,21H,3-12H2,1-2H3,(H2,18,19,22). The van der Waals surface area contributed by atoms with Gasteiger partial charge in [-0.15, -0.1) is 0 Å². The molecule has 0 aromatic rings. The van der Waals surface area contributed by atoms with Crippen LogP contribution in [0.3, 0.4) is 0 Å². The van der Waals surface area contributed by atoms with E-state index >= 15 is 0 Å². The normalized spacial score (nSPS) is 26.0. The average molecular weight is 311 g/mol. The van der Waals surface area contributed by atoms with Crippen molar-refractivity contribution in [2.45, 2.75) is 76.9 Å². The Morgan fingerprint density at radius 2 is 2.05 bits per heavy atom. The first-order chi connectivity index (χ1) is 10.6. The number of aliphatic hydroxyl groups excluding tert-OH is 1. The van der Waals surface area contributed by atoms with Gasteiger partial charge < -0.3 is 20.6 Å². The van der Waals surface area contributed by atoms with Gasteiger partial charge in [0.25, 0.3) is 0 Å². The summed E-state index contributed by atoms with van der Waals surface area (Å²) in [6.45, 7) is 6.63. The first-order valence-electron chi connectivity index (χ1n) is 9.06. The molecular weight excluding hydrogens is 278 g/mol. The topological polar surface area (TPSA) is 64.6 Å². The second-order valence-corrected chi connectivity index (χ2v) is 7.01. The number of likely N-dealkylation sites (tertiary alicyclic amines) is 1. The fourth-order valence-corrected chi connectivity index (χ4v) is 3.62. The Morgan fingerprint density at radius 3 is 2.64 bits per heavy atom. The second-order valence-electron chi connectivity index (χ2n) is 7.01. The molecule has 3 atom stereocenters. The summed E-state index contributed by atoms with van der Waals surface area (Å²) < 4.78 is 0. The molecule has 3 unspecified atom stereocenters. The Balaban J connectivity index is 1.75. The Morgan fingerprint density at radius 1 is 1.27 bits per heavy atom. The maximum absolute atomic E-state index is 12.1. The number of hydrogen-bond acceptors (Lipinski definition) is 3. The van der Waals surface area contributed by atoms with E-state index in [1.807, 2.05) is 6.92 Å². The largest absolute Gasteiger partial charge is 0.396 e. The second kappa shape index (κ2) is 8.73. The van der Waals surface area contributed by atoms with E-state index in [2.05, 4.69) is 22.5 Å². The maximum Gasteiger partial charge on any atom is 0.315 e. The van der Waals surface area contributed by atoms with Crippen molar-refractivity contribution in [2.75, 3.05) is 19.7 Å². The van der Waals surface area contributed by atoms with Gasteiger partial charge in [-0.05, 0) is 57.9 Å². The van der Waals surface area contributed by atoms with Crippen molar-refractivity contribution < 1.29 is 9.90 Å². The molecule has 0 aromatic carbocycles. The Labute approximate surface area is 134 Å². The molecule has 0 radical (unpaired) electrons. The summed E-state index contributed by atoms with van der Waals surface area (Å²) in [7, 11) is 0. The van der Waals surface area contributed by atoms with Crippen LogP contribution in [0.2, 0.25) is 0 Å². The van der Waals surface area contributed by atoms with Crippen molar-refractivity contribution in [3.63, 3.8) is 0 Å². The van der Waals surface area contributed by atoms with Gasteiger partial charge >= 0.3 is 6.03 Å². The molecule has 3 N–H and O–H groups in total. The van der Waals surface area contributed by atoms with E-state index < -0.39 is 0 Å². The fourth-order valence-electron chi connectivity index (χ4n) is 3.62. The average Bonchev–Trinajstić information content (AvgIpc) is 2.45. The molecule has 0 spiro atoms. The first-order valence-corrected chi connectivity index (χ1v) is 9.06.